The fourth-order valence-electron chi connectivity index (χ4n) is 1.77. The maximum absolute atomic E-state index is 5.86. The summed E-state index contributed by atoms with van der Waals surface area (Å²) in [6, 6.07) is 3.70. The van der Waals surface area contributed by atoms with Crippen LogP contribution in [0.4, 0.5) is 5.82 Å². The SMILES string of the molecule is CNc1nc(COc2cncc(Cl)c2)nc2sccc12. The lowest BCUT2D eigenvalue weighted by atomic mass is 10.4. The zero-order valence-corrected chi connectivity index (χ0v) is 12.2. The first-order valence-corrected chi connectivity index (χ1v) is 7.17. The highest BCUT2D eigenvalue weighted by molar-refractivity contribution is 7.16. The second-order valence-electron chi connectivity index (χ2n) is 4.01. The average Bonchev–Trinajstić information content (AvgIpc) is 2.92. The molecule has 0 aliphatic rings. The summed E-state index contributed by atoms with van der Waals surface area (Å²) >= 11 is 7.43. The van der Waals surface area contributed by atoms with Gasteiger partial charge < -0.3 is 10.1 Å². The summed E-state index contributed by atoms with van der Waals surface area (Å²) in [7, 11) is 1.84. The van der Waals surface area contributed by atoms with Crippen LogP contribution in [0, 0.1) is 0 Å². The predicted molar refractivity (Wildman–Crippen MR) is 80.5 cm³/mol. The topological polar surface area (TPSA) is 59.9 Å². The lowest BCUT2D eigenvalue weighted by Gasteiger charge is -2.07. The third-order valence-electron chi connectivity index (χ3n) is 2.66. The number of fused-ring (bicyclic) bond motifs is 1. The van der Waals surface area contributed by atoms with Gasteiger partial charge in [-0.25, -0.2) is 9.97 Å². The van der Waals surface area contributed by atoms with E-state index >= 15 is 0 Å². The van der Waals surface area contributed by atoms with E-state index in [1.807, 2.05) is 18.5 Å². The van der Waals surface area contributed by atoms with Crippen LogP contribution < -0.4 is 10.1 Å². The molecule has 0 saturated heterocycles. The number of halogens is 1. The molecule has 0 saturated carbocycles. The number of nitrogens with zero attached hydrogens (tertiary/aromatic N) is 3. The number of hydrogen-bond acceptors (Lipinski definition) is 6. The van der Waals surface area contributed by atoms with Crippen molar-refractivity contribution < 1.29 is 4.74 Å². The van der Waals surface area contributed by atoms with Gasteiger partial charge in [0, 0.05) is 19.3 Å². The normalized spacial score (nSPS) is 10.7. The van der Waals surface area contributed by atoms with Crippen LogP contribution in [-0.4, -0.2) is 22.0 Å². The minimum absolute atomic E-state index is 0.268. The number of aromatic nitrogens is 3. The van der Waals surface area contributed by atoms with E-state index in [4.69, 9.17) is 16.3 Å². The van der Waals surface area contributed by atoms with Crippen LogP contribution in [0.5, 0.6) is 5.75 Å². The van der Waals surface area contributed by atoms with E-state index in [0.717, 1.165) is 16.0 Å². The van der Waals surface area contributed by atoms with Gasteiger partial charge in [-0.2, -0.15) is 0 Å². The van der Waals surface area contributed by atoms with Crippen LogP contribution in [0.1, 0.15) is 5.82 Å². The summed E-state index contributed by atoms with van der Waals surface area (Å²) in [5, 5.41) is 6.62. The van der Waals surface area contributed by atoms with E-state index in [-0.39, 0.29) is 6.61 Å². The molecule has 0 aromatic carbocycles. The molecule has 102 valence electrons. The number of ether oxygens (including phenoxy) is 1. The Morgan fingerprint density at radius 1 is 1.35 bits per heavy atom. The predicted octanol–water partition coefficient (Wildman–Crippen LogP) is 3.36. The van der Waals surface area contributed by atoms with E-state index in [1.165, 1.54) is 0 Å². The lowest BCUT2D eigenvalue weighted by Crippen LogP contribution is -2.04. The maximum atomic E-state index is 5.86. The molecule has 3 rings (SSSR count). The molecule has 0 amide bonds. The van der Waals surface area contributed by atoms with E-state index in [1.54, 1.807) is 29.8 Å². The van der Waals surface area contributed by atoms with Crippen LogP contribution in [-0.2, 0) is 6.61 Å². The van der Waals surface area contributed by atoms with Gasteiger partial charge in [0.25, 0.3) is 0 Å². The van der Waals surface area contributed by atoms with E-state index in [9.17, 15) is 0 Å². The fourth-order valence-corrected chi connectivity index (χ4v) is 2.72. The number of anilines is 1. The molecule has 0 fully saturated rings. The van der Waals surface area contributed by atoms with Crippen molar-refractivity contribution in [1.82, 2.24) is 15.0 Å². The van der Waals surface area contributed by atoms with Crippen molar-refractivity contribution in [2.24, 2.45) is 0 Å². The zero-order chi connectivity index (χ0) is 13.9. The monoisotopic (exact) mass is 306 g/mol. The molecule has 0 radical (unpaired) electrons. The largest absolute Gasteiger partial charge is 0.484 e. The van der Waals surface area contributed by atoms with Gasteiger partial charge in [-0.15, -0.1) is 11.3 Å². The van der Waals surface area contributed by atoms with Crippen LogP contribution >= 0.6 is 22.9 Å². The van der Waals surface area contributed by atoms with Gasteiger partial charge in [-0.1, -0.05) is 11.6 Å². The van der Waals surface area contributed by atoms with Crippen molar-refractivity contribution in [2.45, 2.75) is 6.61 Å². The van der Waals surface area contributed by atoms with Gasteiger partial charge in [-0.3, -0.25) is 4.98 Å². The van der Waals surface area contributed by atoms with Crippen LogP contribution in [0.3, 0.4) is 0 Å². The summed E-state index contributed by atoms with van der Waals surface area (Å²) in [4.78, 5) is 13.8. The summed E-state index contributed by atoms with van der Waals surface area (Å²) < 4.78 is 5.60. The molecule has 0 bridgehead atoms. The number of pyridine rings is 1. The van der Waals surface area contributed by atoms with E-state index < -0.39 is 0 Å². The van der Waals surface area contributed by atoms with E-state index in [2.05, 4.69) is 20.3 Å². The third-order valence-corrected chi connectivity index (χ3v) is 3.67. The Labute approximate surface area is 124 Å². The second kappa shape index (κ2) is 5.60. The van der Waals surface area contributed by atoms with Crippen molar-refractivity contribution in [1.29, 1.82) is 0 Å². The first kappa shape index (κ1) is 13.1. The highest BCUT2D eigenvalue weighted by Crippen LogP contribution is 2.25. The van der Waals surface area contributed by atoms with Gasteiger partial charge in [0.05, 0.1) is 16.6 Å². The van der Waals surface area contributed by atoms with Gasteiger partial charge in [0.1, 0.15) is 23.0 Å². The van der Waals surface area contributed by atoms with Crippen molar-refractivity contribution >= 4 is 39.0 Å². The molecule has 0 aliphatic carbocycles. The first-order chi connectivity index (χ1) is 9.76. The first-order valence-electron chi connectivity index (χ1n) is 5.91. The standard InChI is InChI=1S/C13H11ClN4OS/c1-15-12-10-2-3-20-13(10)18-11(17-12)7-19-9-4-8(14)5-16-6-9/h2-6H,7H2,1H3,(H,15,17,18). The Bertz CT molecular complexity index is 746. The summed E-state index contributed by atoms with van der Waals surface area (Å²) in [6.45, 7) is 0.268. The molecule has 20 heavy (non-hydrogen) atoms. The summed E-state index contributed by atoms with van der Waals surface area (Å²) in [5.41, 5.74) is 0. The van der Waals surface area contributed by atoms with Gasteiger partial charge in [0.2, 0.25) is 0 Å². The number of hydrogen-bond donors (Lipinski definition) is 1. The molecular formula is C13H11ClN4OS. The summed E-state index contributed by atoms with van der Waals surface area (Å²) in [6.07, 6.45) is 3.16. The molecule has 0 unspecified atom stereocenters. The Balaban J connectivity index is 1.83. The number of thiophene rings is 1. The van der Waals surface area contributed by atoms with Crippen LogP contribution in [0.25, 0.3) is 10.2 Å². The molecule has 5 nitrogen and oxygen atoms in total. The average molecular weight is 307 g/mol. The Morgan fingerprint density at radius 2 is 2.25 bits per heavy atom. The van der Waals surface area contributed by atoms with E-state index in [0.29, 0.717) is 16.6 Å². The Hall–Kier alpha value is -1.92. The maximum Gasteiger partial charge on any atom is 0.169 e. The third kappa shape index (κ3) is 2.66. The van der Waals surface area contributed by atoms with Crippen molar-refractivity contribution in [3.05, 3.63) is 40.8 Å². The van der Waals surface area contributed by atoms with Gasteiger partial charge in [-0.05, 0) is 11.4 Å². The van der Waals surface area contributed by atoms with Crippen molar-refractivity contribution in [2.75, 3.05) is 12.4 Å². The quantitative estimate of drug-likeness (QED) is 0.801. The molecular weight excluding hydrogens is 296 g/mol. The molecule has 3 aromatic heterocycles. The number of rotatable bonds is 4. The summed E-state index contributed by atoms with van der Waals surface area (Å²) in [5.74, 6) is 2.02. The van der Waals surface area contributed by atoms with Gasteiger partial charge in [0.15, 0.2) is 5.82 Å². The Morgan fingerprint density at radius 3 is 3.05 bits per heavy atom. The molecule has 0 aliphatic heterocycles. The minimum atomic E-state index is 0.268. The Kier molecular flexibility index (Phi) is 3.66. The van der Waals surface area contributed by atoms with Gasteiger partial charge >= 0.3 is 0 Å². The smallest absolute Gasteiger partial charge is 0.169 e. The molecule has 0 spiro atoms. The molecule has 7 heteroatoms. The van der Waals surface area contributed by atoms with Crippen molar-refractivity contribution in [3.63, 3.8) is 0 Å². The fraction of sp³-hybridized carbons (Fsp3) is 0.154. The highest BCUT2D eigenvalue weighted by Gasteiger charge is 2.08. The minimum Gasteiger partial charge on any atom is -0.484 e. The second-order valence-corrected chi connectivity index (χ2v) is 5.34. The zero-order valence-electron chi connectivity index (χ0n) is 10.6. The molecule has 1 N–H and O–H groups in total. The molecule has 0 atom stereocenters. The van der Waals surface area contributed by atoms with Crippen LogP contribution in [0.15, 0.2) is 29.9 Å². The van der Waals surface area contributed by atoms with Crippen molar-refractivity contribution in [3.8, 4) is 5.75 Å². The van der Waals surface area contributed by atoms with Crippen LogP contribution in [0.2, 0.25) is 5.02 Å². The highest BCUT2D eigenvalue weighted by atomic mass is 35.5. The molecule has 3 aromatic rings. The lowest BCUT2D eigenvalue weighted by molar-refractivity contribution is 0.295. The number of nitrogens with one attached hydrogen (secondary N) is 1. The molecule has 3 heterocycles.